The van der Waals surface area contributed by atoms with E-state index in [9.17, 15) is 26.3 Å². The molecule has 2 fully saturated rings. The van der Waals surface area contributed by atoms with Crippen LogP contribution in [0.5, 0.6) is 5.75 Å². The van der Waals surface area contributed by atoms with Crippen molar-refractivity contribution in [1.29, 1.82) is 0 Å². The number of benzene rings is 1. The number of fused-ring (bicyclic) bond motifs is 5. The first kappa shape index (κ1) is 46.0. The highest BCUT2D eigenvalue weighted by molar-refractivity contribution is 7.44. The van der Waals surface area contributed by atoms with Crippen molar-refractivity contribution in [3.63, 3.8) is 0 Å². The fraction of sp³-hybridized carbons (Fsp3) is 0.825. The molecule has 0 radical (unpaired) electrons. The Morgan fingerprint density at radius 1 is 0.891 bits per heavy atom. The van der Waals surface area contributed by atoms with E-state index in [-0.39, 0.29) is 37.1 Å². The molecule has 3 aliphatic rings. The molecule has 6 atom stereocenters. The monoisotopic (exact) mass is 809 g/mol. The number of hydrogen-bond donors (Lipinski definition) is 0. The topological polar surface area (TPSA) is 57.0 Å². The van der Waals surface area contributed by atoms with E-state index in [1.54, 1.807) is 11.9 Å². The number of aryl methyl sites for hydroxylation is 1. The molecular weight excluding hydrogens is 747 g/mol. The van der Waals surface area contributed by atoms with E-state index in [4.69, 9.17) is 25.1 Å². The second-order valence-corrected chi connectivity index (χ2v) is 17.8. The van der Waals surface area contributed by atoms with Gasteiger partial charge in [-0.1, -0.05) is 13.0 Å². The zero-order chi connectivity index (χ0) is 40.6. The summed E-state index contributed by atoms with van der Waals surface area (Å²) in [6.07, 6.45) is -3.09. The van der Waals surface area contributed by atoms with Crippen LogP contribution in [-0.4, -0.2) is 105 Å². The summed E-state index contributed by atoms with van der Waals surface area (Å²) < 4.78 is 110. The van der Waals surface area contributed by atoms with Crippen molar-refractivity contribution in [2.45, 2.75) is 135 Å². The Kier molecular flexibility index (Phi) is 16.6. The van der Waals surface area contributed by atoms with Gasteiger partial charge in [-0.2, -0.15) is 26.3 Å². The molecule has 0 spiro atoms. The van der Waals surface area contributed by atoms with Crippen molar-refractivity contribution in [2.24, 2.45) is 17.3 Å². The molecule has 3 aliphatic carbocycles. The summed E-state index contributed by atoms with van der Waals surface area (Å²) in [5.41, 5.74) is -1.37. The lowest BCUT2D eigenvalue weighted by Gasteiger charge is -2.50. The smallest absolute Gasteiger partial charge is 0.426 e. The molecule has 0 N–H and O–H groups in total. The van der Waals surface area contributed by atoms with Crippen LogP contribution in [0.15, 0.2) is 18.2 Å². The van der Waals surface area contributed by atoms with Gasteiger partial charge < -0.3 is 33.0 Å². The zero-order valence-corrected chi connectivity index (χ0v) is 34.5. The highest BCUT2D eigenvalue weighted by Crippen LogP contribution is 2.61. The summed E-state index contributed by atoms with van der Waals surface area (Å²) in [5, 5.41) is 0. The van der Waals surface area contributed by atoms with Gasteiger partial charge >= 0.3 is 12.4 Å². The van der Waals surface area contributed by atoms with Crippen LogP contribution in [0.4, 0.5) is 26.3 Å². The third kappa shape index (κ3) is 11.3. The number of likely N-dealkylation sites (N-methyl/N-ethyl adjacent to an activating group) is 1. The molecule has 15 heteroatoms. The molecule has 0 aliphatic heterocycles. The van der Waals surface area contributed by atoms with E-state index in [2.05, 4.69) is 67.1 Å². The molecule has 0 aromatic heterocycles. The fourth-order valence-electron chi connectivity index (χ4n) is 8.91. The number of hydrogen-bond acceptors (Lipinski definition) is 7. The van der Waals surface area contributed by atoms with Gasteiger partial charge in [0, 0.05) is 25.2 Å². The first-order valence-electron chi connectivity index (χ1n) is 19.8. The van der Waals surface area contributed by atoms with Crippen molar-refractivity contribution in [1.82, 2.24) is 9.57 Å². The number of alkyl halides is 6. The van der Waals surface area contributed by atoms with Gasteiger partial charge in [0.05, 0.1) is 32.5 Å². The first-order valence-corrected chi connectivity index (χ1v) is 21.0. The summed E-state index contributed by atoms with van der Waals surface area (Å²) in [5.74, 6) is 2.50. The van der Waals surface area contributed by atoms with Gasteiger partial charge in [-0.25, -0.2) is 11.2 Å². The van der Waals surface area contributed by atoms with Gasteiger partial charge in [-0.3, -0.25) is 0 Å². The van der Waals surface area contributed by atoms with Gasteiger partial charge in [0.15, 0.2) is 0 Å². The first-order chi connectivity index (χ1) is 25.8. The normalized spacial score (nSPS) is 24.9. The quantitative estimate of drug-likeness (QED) is 0.0531. The van der Waals surface area contributed by atoms with Gasteiger partial charge in [-0.15, -0.1) is 0 Å². The molecule has 0 saturated heterocycles. The van der Waals surface area contributed by atoms with E-state index < -0.39 is 33.1 Å². The summed E-state index contributed by atoms with van der Waals surface area (Å²) >= 11 is 0. The molecule has 1 aromatic carbocycles. The van der Waals surface area contributed by atoms with E-state index in [1.165, 1.54) is 11.1 Å². The fourth-order valence-corrected chi connectivity index (χ4v) is 10.5. The van der Waals surface area contributed by atoms with Crippen LogP contribution in [0, 0.1) is 23.8 Å². The number of nitrogens with zero attached hydrogens (tertiary/aromatic N) is 3. The van der Waals surface area contributed by atoms with Crippen LogP contribution in [0.3, 0.4) is 0 Å². The maximum Gasteiger partial charge on any atom is 0.426 e. The lowest BCUT2D eigenvalue weighted by Crippen LogP contribution is -2.57. The molecule has 0 bridgehead atoms. The molecule has 4 unspecified atom stereocenters. The minimum Gasteiger partial charge on any atom is -0.494 e. The minimum absolute atomic E-state index is 0.0290. The van der Waals surface area contributed by atoms with Crippen LogP contribution in [-0.2, 0) is 24.9 Å². The number of ether oxygens (including phenoxy) is 3. The molecule has 0 heterocycles. The molecule has 8 nitrogen and oxygen atoms in total. The second kappa shape index (κ2) is 19.8. The maximum atomic E-state index is 13.1. The summed E-state index contributed by atoms with van der Waals surface area (Å²) in [7, 11) is 0.409. The van der Waals surface area contributed by atoms with Crippen molar-refractivity contribution < 1.29 is 49.6 Å². The predicted molar refractivity (Wildman–Crippen MR) is 202 cm³/mol. The lowest BCUT2D eigenvalue weighted by atomic mass is 9.55. The Bertz CT molecular complexity index is 1370. The Hall–Kier alpha value is -1.72. The SMILES string of the molecule is [C-]#[N+]CCOP(OCCCCOc1ccc2c(c1)CCC1C2CC[C@@]2(C)C1CC[C@@H]2OCCN(C)CCOC(C)(C(F)(F)F)C(F)(F)F)N(C(C)C)C(C)C. The van der Waals surface area contributed by atoms with Crippen LogP contribution < -0.4 is 4.74 Å². The Morgan fingerprint density at radius 3 is 2.20 bits per heavy atom. The third-order valence-corrected chi connectivity index (χ3v) is 14.1. The van der Waals surface area contributed by atoms with Crippen molar-refractivity contribution >= 4 is 8.53 Å². The number of unbranched alkanes of at least 4 members (excludes halogenated alkanes) is 1. The second-order valence-electron chi connectivity index (χ2n) is 16.3. The molecule has 0 amide bonds. The summed E-state index contributed by atoms with van der Waals surface area (Å²) in [6, 6.07) is 7.13. The standard InChI is InChI=1S/C40H62F6N3O5P/c1-28(2)49(29(3)4)55(54-24-19-47-7)53-23-10-9-22-50-31-12-14-32-30(27-31)11-13-34-33(32)17-18-37(5)35(34)15-16-36(37)51-25-20-48(8)21-26-52-38(6,39(41,42)43)40(44,45)46/h12,14,27-29,33-36H,9-11,13,15-26H2,1-6,8H3/t33?,34?,35?,36-,37-,55?/m0/s1. The van der Waals surface area contributed by atoms with E-state index >= 15 is 0 Å². The van der Waals surface area contributed by atoms with Crippen molar-refractivity contribution in [2.75, 3.05) is 59.7 Å². The largest absolute Gasteiger partial charge is 0.494 e. The molecule has 55 heavy (non-hydrogen) atoms. The van der Waals surface area contributed by atoms with Gasteiger partial charge in [0.1, 0.15) is 12.4 Å². The van der Waals surface area contributed by atoms with Gasteiger partial charge in [0.2, 0.25) is 6.54 Å². The van der Waals surface area contributed by atoms with Crippen LogP contribution in [0.1, 0.15) is 104 Å². The highest BCUT2D eigenvalue weighted by Gasteiger charge is 2.69. The van der Waals surface area contributed by atoms with E-state index in [1.807, 2.05) is 0 Å². The summed E-state index contributed by atoms with van der Waals surface area (Å²) in [6.45, 7) is 19.7. The Labute approximate surface area is 325 Å². The van der Waals surface area contributed by atoms with Crippen LogP contribution in [0.25, 0.3) is 4.85 Å². The van der Waals surface area contributed by atoms with Crippen LogP contribution >= 0.6 is 8.53 Å². The maximum absolute atomic E-state index is 13.1. The molecule has 2 saturated carbocycles. The Balaban J connectivity index is 1.21. The molecule has 4 rings (SSSR count). The average molecular weight is 810 g/mol. The molecule has 314 valence electrons. The zero-order valence-electron chi connectivity index (χ0n) is 33.6. The minimum atomic E-state index is -5.57. The van der Waals surface area contributed by atoms with Gasteiger partial charge in [0.25, 0.3) is 14.1 Å². The lowest BCUT2D eigenvalue weighted by molar-refractivity contribution is -0.374. The van der Waals surface area contributed by atoms with E-state index in [0.717, 1.165) is 57.1 Å². The Morgan fingerprint density at radius 2 is 1.55 bits per heavy atom. The predicted octanol–water partition coefficient (Wildman–Crippen LogP) is 10.2. The third-order valence-electron chi connectivity index (χ3n) is 12.0. The number of rotatable bonds is 21. The molecule has 1 aromatic rings. The van der Waals surface area contributed by atoms with Crippen molar-refractivity contribution in [3.05, 3.63) is 40.7 Å². The average Bonchev–Trinajstić information content (AvgIpc) is 3.44. The van der Waals surface area contributed by atoms with E-state index in [0.29, 0.717) is 57.3 Å². The van der Waals surface area contributed by atoms with Gasteiger partial charge in [-0.05, 0) is 139 Å². The molecular formula is C40H62F6N3O5P. The number of halogens is 6. The summed E-state index contributed by atoms with van der Waals surface area (Å²) in [4.78, 5) is 5.04. The van der Waals surface area contributed by atoms with Crippen molar-refractivity contribution in [3.8, 4) is 5.75 Å². The highest BCUT2D eigenvalue weighted by atomic mass is 31.2. The van der Waals surface area contributed by atoms with Crippen LogP contribution in [0.2, 0.25) is 0 Å².